The summed E-state index contributed by atoms with van der Waals surface area (Å²) in [6, 6.07) is 0. The number of hydrogen-bond donors (Lipinski definition) is 2. The molecule has 5 nitrogen and oxygen atoms in total. The fourth-order valence-electron chi connectivity index (χ4n) is 2.33. The fraction of sp³-hybridized carbons (Fsp3) is 0.571. The van der Waals surface area contributed by atoms with Crippen LogP contribution in [0.1, 0.15) is 23.4 Å². The standard InChI is InChI=1S/C14H21N3O2S/c1-2-7-17(8-9-18)10-13(19)16-14-15-11-5-3-4-6-12(11)20-14/h2,18H,1,3-10H2,(H,15,16,19). The van der Waals surface area contributed by atoms with Crippen molar-refractivity contribution in [1.29, 1.82) is 0 Å². The zero-order valence-electron chi connectivity index (χ0n) is 11.6. The van der Waals surface area contributed by atoms with Crippen molar-refractivity contribution in [1.82, 2.24) is 9.88 Å². The highest BCUT2D eigenvalue weighted by molar-refractivity contribution is 7.15. The number of aromatic nitrogens is 1. The SMILES string of the molecule is C=CCN(CCO)CC(=O)Nc1nc2c(s1)CCCC2. The normalized spacial score (nSPS) is 14.1. The minimum atomic E-state index is -0.0913. The fourth-order valence-corrected chi connectivity index (χ4v) is 3.39. The largest absolute Gasteiger partial charge is 0.395 e. The third-order valence-electron chi connectivity index (χ3n) is 3.26. The average Bonchev–Trinajstić information content (AvgIpc) is 2.81. The minimum absolute atomic E-state index is 0.0344. The lowest BCUT2D eigenvalue weighted by atomic mass is 10.0. The first kappa shape index (κ1) is 15.2. The predicted molar refractivity (Wildman–Crippen MR) is 81.1 cm³/mol. The van der Waals surface area contributed by atoms with Gasteiger partial charge >= 0.3 is 0 Å². The van der Waals surface area contributed by atoms with E-state index in [1.165, 1.54) is 17.7 Å². The molecule has 0 saturated carbocycles. The summed E-state index contributed by atoms with van der Waals surface area (Å²) in [4.78, 5) is 19.6. The van der Waals surface area contributed by atoms with Gasteiger partial charge in [0.15, 0.2) is 5.13 Å². The van der Waals surface area contributed by atoms with E-state index in [4.69, 9.17) is 5.11 Å². The number of fused-ring (bicyclic) bond motifs is 1. The van der Waals surface area contributed by atoms with E-state index in [1.807, 2.05) is 4.90 Å². The summed E-state index contributed by atoms with van der Waals surface area (Å²) in [6.07, 6.45) is 6.23. The summed E-state index contributed by atoms with van der Waals surface area (Å²) in [6.45, 7) is 4.99. The second-order valence-corrected chi connectivity index (χ2v) is 5.98. The van der Waals surface area contributed by atoms with Crippen LogP contribution in [0.2, 0.25) is 0 Å². The number of nitrogens with zero attached hydrogens (tertiary/aromatic N) is 2. The van der Waals surface area contributed by atoms with E-state index in [0.29, 0.717) is 18.2 Å². The molecule has 0 aliphatic heterocycles. The number of carbonyl (C=O) groups is 1. The predicted octanol–water partition coefficient (Wildman–Crippen LogP) is 1.44. The van der Waals surface area contributed by atoms with Crippen LogP contribution in [0.15, 0.2) is 12.7 Å². The Morgan fingerprint density at radius 2 is 2.30 bits per heavy atom. The zero-order chi connectivity index (χ0) is 14.4. The molecule has 0 fully saturated rings. The molecule has 0 aromatic carbocycles. The maximum Gasteiger partial charge on any atom is 0.240 e. The summed E-state index contributed by atoms with van der Waals surface area (Å²) >= 11 is 1.59. The molecule has 6 heteroatoms. The topological polar surface area (TPSA) is 65.5 Å². The highest BCUT2D eigenvalue weighted by Gasteiger charge is 2.17. The van der Waals surface area contributed by atoms with Crippen LogP contribution in [0.3, 0.4) is 0 Å². The van der Waals surface area contributed by atoms with E-state index >= 15 is 0 Å². The van der Waals surface area contributed by atoms with E-state index in [1.54, 1.807) is 17.4 Å². The summed E-state index contributed by atoms with van der Waals surface area (Å²) in [5.74, 6) is -0.0913. The number of aliphatic hydroxyl groups excluding tert-OH is 1. The quantitative estimate of drug-likeness (QED) is 0.747. The molecule has 0 spiro atoms. The van der Waals surface area contributed by atoms with Gasteiger partial charge in [-0.05, 0) is 25.7 Å². The first-order valence-electron chi connectivity index (χ1n) is 6.95. The van der Waals surface area contributed by atoms with Crippen LogP contribution in [0, 0.1) is 0 Å². The number of aliphatic hydroxyl groups is 1. The second kappa shape index (κ2) is 7.52. The number of anilines is 1. The lowest BCUT2D eigenvalue weighted by Gasteiger charge is -2.18. The molecule has 0 radical (unpaired) electrons. The van der Waals surface area contributed by atoms with Gasteiger partial charge in [-0.3, -0.25) is 9.69 Å². The summed E-state index contributed by atoms with van der Waals surface area (Å²) in [5, 5.41) is 12.5. The number of carbonyl (C=O) groups excluding carboxylic acids is 1. The van der Waals surface area contributed by atoms with Crippen LogP contribution >= 0.6 is 11.3 Å². The minimum Gasteiger partial charge on any atom is -0.395 e. The Morgan fingerprint density at radius 1 is 1.50 bits per heavy atom. The van der Waals surface area contributed by atoms with Crippen LogP contribution in [0.25, 0.3) is 0 Å². The Hall–Kier alpha value is -1.24. The lowest BCUT2D eigenvalue weighted by molar-refractivity contribution is -0.117. The maximum atomic E-state index is 12.0. The van der Waals surface area contributed by atoms with Crippen molar-refractivity contribution in [3.8, 4) is 0 Å². The summed E-state index contributed by atoms with van der Waals surface area (Å²) in [7, 11) is 0. The third kappa shape index (κ3) is 4.13. The molecule has 0 unspecified atom stereocenters. The molecule has 2 N–H and O–H groups in total. The second-order valence-electron chi connectivity index (χ2n) is 4.89. The first-order valence-corrected chi connectivity index (χ1v) is 7.77. The van der Waals surface area contributed by atoms with Gasteiger partial charge in [-0.1, -0.05) is 6.08 Å². The summed E-state index contributed by atoms with van der Waals surface area (Å²) in [5.41, 5.74) is 1.15. The van der Waals surface area contributed by atoms with Crippen LogP contribution in [-0.4, -0.2) is 47.1 Å². The van der Waals surface area contributed by atoms with Gasteiger partial charge in [0.2, 0.25) is 5.91 Å². The number of amides is 1. The van der Waals surface area contributed by atoms with Gasteiger partial charge in [-0.2, -0.15) is 0 Å². The van der Waals surface area contributed by atoms with Crippen LogP contribution in [0.4, 0.5) is 5.13 Å². The smallest absolute Gasteiger partial charge is 0.240 e. The molecule has 1 amide bonds. The Kier molecular flexibility index (Phi) is 5.70. The lowest BCUT2D eigenvalue weighted by Crippen LogP contribution is -2.35. The van der Waals surface area contributed by atoms with Crippen molar-refractivity contribution >= 4 is 22.4 Å². The van der Waals surface area contributed by atoms with Crippen LogP contribution in [0.5, 0.6) is 0 Å². The molecule has 1 aromatic rings. The number of hydrogen-bond acceptors (Lipinski definition) is 5. The van der Waals surface area contributed by atoms with Crippen molar-refractivity contribution in [2.45, 2.75) is 25.7 Å². The number of aryl methyl sites for hydroxylation is 2. The maximum absolute atomic E-state index is 12.0. The Bertz CT molecular complexity index is 449. The van der Waals surface area contributed by atoms with Gasteiger partial charge < -0.3 is 10.4 Å². The molecular weight excluding hydrogens is 274 g/mol. The molecule has 1 aliphatic rings. The molecule has 0 saturated heterocycles. The Morgan fingerprint density at radius 3 is 3.00 bits per heavy atom. The number of rotatable bonds is 7. The molecule has 20 heavy (non-hydrogen) atoms. The highest BCUT2D eigenvalue weighted by Crippen LogP contribution is 2.29. The van der Waals surface area contributed by atoms with Gasteiger partial charge in [-0.15, -0.1) is 17.9 Å². The van der Waals surface area contributed by atoms with E-state index in [9.17, 15) is 4.79 Å². The molecule has 2 rings (SSSR count). The molecule has 1 aromatic heterocycles. The Labute approximate surface area is 123 Å². The van der Waals surface area contributed by atoms with Crippen molar-refractivity contribution in [3.05, 3.63) is 23.2 Å². The van der Waals surface area contributed by atoms with Crippen LogP contribution in [-0.2, 0) is 17.6 Å². The van der Waals surface area contributed by atoms with Crippen LogP contribution < -0.4 is 5.32 Å². The van der Waals surface area contributed by atoms with Gasteiger partial charge in [0.25, 0.3) is 0 Å². The van der Waals surface area contributed by atoms with Gasteiger partial charge in [-0.25, -0.2) is 4.98 Å². The highest BCUT2D eigenvalue weighted by atomic mass is 32.1. The van der Waals surface area contributed by atoms with Crippen molar-refractivity contribution in [3.63, 3.8) is 0 Å². The van der Waals surface area contributed by atoms with E-state index in [-0.39, 0.29) is 19.1 Å². The first-order chi connectivity index (χ1) is 9.72. The van der Waals surface area contributed by atoms with Gasteiger partial charge in [0.1, 0.15) is 0 Å². The van der Waals surface area contributed by atoms with Crippen molar-refractivity contribution in [2.75, 3.05) is 31.6 Å². The number of thiazole rings is 1. The zero-order valence-corrected chi connectivity index (χ0v) is 12.4. The van der Waals surface area contributed by atoms with E-state index in [0.717, 1.165) is 18.5 Å². The Balaban J connectivity index is 1.90. The molecule has 110 valence electrons. The number of nitrogens with one attached hydrogen (secondary N) is 1. The van der Waals surface area contributed by atoms with Crippen molar-refractivity contribution in [2.24, 2.45) is 0 Å². The third-order valence-corrected chi connectivity index (χ3v) is 4.34. The van der Waals surface area contributed by atoms with E-state index < -0.39 is 0 Å². The van der Waals surface area contributed by atoms with Gasteiger partial charge in [0.05, 0.1) is 18.8 Å². The van der Waals surface area contributed by atoms with Gasteiger partial charge in [0, 0.05) is 18.0 Å². The summed E-state index contributed by atoms with van der Waals surface area (Å²) < 4.78 is 0. The van der Waals surface area contributed by atoms with Crippen molar-refractivity contribution < 1.29 is 9.90 Å². The molecule has 1 heterocycles. The molecule has 0 atom stereocenters. The van der Waals surface area contributed by atoms with E-state index in [2.05, 4.69) is 16.9 Å². The average molecular weight is 295 g/mol. The monoisotopic (exact) mass is 295 g/mol. The molecule has 0 bridgehead atoms. The molecular formula is C14H21N3O2S. The molecule has 1 aliphatic carbocycles.